The van der Waals surface area contributed by atoms with E-state index in [9.17, 15) is 13.2 Å². The predicted octanol–water partition coefficient (Wildman–Crippen LogP) is 5.83. The monoisotopic (exact) mass is 631 g/mol. The van der Waals surface area contributed by atoms with Gasteiger partial charge in [-0.15, -0.1) is 0 Å². The number of anilines is 2. The van der Waals surface area contributed by atoms with Crippen molar-refractivity contribution in [3.8, 4) is 11.5 Å². The quantitative estimate of drug-likeness (QED) is 0.162. The van der Waals surface area contributed by atoms with E-state index in [1.165, 1.54) is 17.9 Å². The molecule has 2 amide bonds. The van der Waals surface area contributed by atoms with E-state index < -0.39 is 10.1 Å². The Labute approximate surface area is 252 Å². The largest absolute Gasteiger partial charge is 0.455 e. The van der Waals surface area contributed by atoms with E-state index in [2.05, 4.69) is 30.3 Å². The van der Waals surface area contributed by atoms with Crippen LogP contribution in [0.2, 0.25) is 5.02 Å². The lowest BCUT2D eigenvalue weighted by atomic mass is 10.1. The second-order valence-electron chi connectivity index (χ2n) is 10.2. The van der Waals surface area contributed by atoms with Crippen molar-refractivity contribution < 1.29 is 22.5 Å². The van der Waals surface area contributed by atoms with Crippen LogP contribution in [0.5, 0.6) is 11.5 Å². The summed E-state index contributed by atoms with van der Waals surface area (Å²) < 4.78 is 39.3. The van der Waals surface area contributed by atoms with Crippen LogP contribution in [0.3, 0.4) is 0 Å². The average Bonchev–Trinajstić information content (AvgIpc) is 3.52. The zero-order valence-electron chi connectivity index (χ0n) is 23.3. The highest BCUT2D eigenvalue weighted by atomic mass is 35.5. The fourth-order valence-electron chi connectivity index (χ4n) is 3.86. The van der Waals surface area contributed by atoms with Crippen molar-refractivity contribution in [1.29, 1.82) is 0 Å². The van der Waals surface area contributed by atoms with Crippen LogP contribution in [0.1, 0.15) is 20.8 Å². The summed E-state index contributed by atoms with van der Waals surface area (Å²) in [7, 11) is -3.67. The normalized spacial score (nSPS) is 11.6. The van der Waals surface area contributed by atoms with Crippen molar-refractivity contribution in [2.45, 2.75) is 32.9 Å². The Morgan fingerprint density at radius 1 is 1.14 bits per heavy atom. The SMILES string of the molecule is CC(C)(C)NC(=O)NCCn1ccc2ncnc(Nc3ccc(Oc4cccc5sncc45)c(Cl)c3)c21.CS(=O)(=O)O. The summed E-state index contributed by atoms with van der Waals surface area (Å²) in [5.74, 6) is 1.88. The summed E-state index contributed by atoms with van der Waals surface area (Å²) in [6, 6.07) is 13.0. The molecule has 3 aromatic heterocycles. The molecule has 0 unspecified atom stereocenters. The number of nitrogens with zero attached hydrogens (tertiary/aromatic N) is 4. The number of halogens is 1. The predicted molar refractivity (Wildman–Crippen MR) is 166 cm³/mol. The Hall–Kier alpha value is -3.98. The summed E-state index contributed by atoms with van der Waals surface area (Å²) >= 11 is 8.00. The van der Waals surface area contributed by atoms with Gasteiger partial charge < -0.3 is 25.3 Å². The molecule has 3 heterocycles. The second kappa shape index (κ2) is 12.9. The number of ether oxygens (including phenoxy) is 1. The van der Waals surface area contributed by atoms with Crippen LogP contribution >= 0.6 is 23.1 Å². The minimum absolute atomic E-state index is 0.206. The number of urea groups is 1. The van der Waals surface area contributed by atoms with Gasteiger partial charge in [0.1, 0.15) is 23.3 Å². The first-order valence-corrected chi connectivity index (χ1v) is 15.6. The van der Waals surface area contributed by atoms with Gasteiger partial charge in [0.25, 0.3) is 10.1 Å². The maximum Gasteiger partial charge on any atom is 0.315 e. The van der Waals surface area contributed by atoms with Gasteiger partial charge in [-0.05, 0) is 68.7 Å². The summed E-state index contributed by atoms with van der Waals surface area (Å²) in [6.45, 7) is 6.82. The molecule has 5 aromatic rings. The van der Waals surface area contributed by atoms with Crippen molar-refractivity contribution in [1.82, 2.24) is 29.5 Å². The lowest BCUT2D eigenvalue weighted by Gasteiger charge is -2.20. The Bertz CT molecular complexity index is 1810. The van der Waals surface area contributed by atoms with Crippen LogP contribution in [-0.2, 0) is 16.7 Å². The third-order valence-corrected chi connectivity index (χ3v) is 6.51. The minimum atomic E-state index is -3.67. The molecule has 0 saturated heterocycles. The zero-order valence-corrected chi connectivity index (χ0v) is 25.6. The number of amides is 2. The van der Waals surface area contributed by atoms with Gasteiger partial charge in [-0.3, -0.25) is 4.55 Å². The van der Waals surface area contributed by atoms with E-state index in [4.69, 9.17) is 20.9 Å². The number of aromatic nitrogens is 4. The Kier molecular flexibility index (Phi) is 9.51. The van der Waals surface area contributed by atoms with Crippen molar-refractivity contribution in [2.24, 2.45) is 0 Å². The van der Waals surface area contributed by atoms with Gasteiger partial charge in [0.2, 0.25) is 0 Å². The summed E-state index contributed by atoms with van der Waals surface area (Å²) in [4.78, 5) is 20.9. The maximum atomic E-state index is 12.1. The summed E-state index contributed by atoms with van der Waals surface area (Å²) in [5, 5.41) is 10.5. The fraction of sp³-hybridized carbons (Fsp3) is 0.259. The molecule has 12 nitrogen and oxygen atoms in total. The van der Waals surface area contributed by atoms with Crippen LogP contribution in [-0.4, -0.2) is 56.2 Å². The van der Waals surface area contributed by atoms with Gasteiger partial charge in [0.05, 0.1) is 33.1 Å². The molecule has 0 saturated carbocycles. The molecule has 0 atom stereocenters. The van der Waals surface area contributed by atoms with Gasteiger partial charge in [-0.25, -0.2) is 14.8 Å². The molecule has 5 rings (SSSR count). The molecule has 0 aliphatic heterocycles. The van der Waals surface area contributed by atoms with E-state index in [1.807, 2.05) is 67.9 Å². The van der Waals surface area contributed by atoms with E-state index in [0.29, 0.717) is 41.7 Å². The molecule has 15 heteroatoms. The maximum absolute atomic E-state index is 12.1. The van der Waals surface area contributed by atoms with Crippen molar-refractivity contribution >= 4 is 71.9 Å². The van der Waals surface area contributed by atoms with Crippen LogP contribution in [0.25, 0.3) is 21.1 Å². The van der Waals surface area contributed by atoms with Crippen LogP contribution in [0, 0.1) is 0 Å². The molecular weight excluding hydrogens is 602 g/mol. The number of nitrogens with one attached hydrogen (secondary N) is 3. The first-order chi connectivity index (χ1) is 19.8. The lowest BCUT2D eigenvalue weighted by molar-refractivity contribution is 0.231. The average molecular weight is 632 g/mol. The van der Waals surface area contributed by atoms with Gasteiger partial charge >= 0.3 is 6.03 Å². The van der Waals surface area contributed by atoms with Gasteiger partial charge in [0, 0.05) is 30.5 Å². The number of benzene rings is 2. The minimum Gasteiger partial charge on any atom is -0.455 e. The molecule has 222 valence electrons. The molecule has 0 aliphatic rings. The standard InChI is InChI=1S/C26H26ClN7O2S.CH4O3S/c1-26(2,3)33-25(35)28-10-12-34-11-9-19-23(34)24(30-15-29-19)32-16-7-8-21(18(27)13-16)36-20-5-4-6-22-17(20)14-31-37-22;1-5(2,3)4/h4-9,11,13-15H,10,12H2,1-3H3,(H2,28,33,35)(H,29,30,32);1H3,(H,2,3,4). The molecule has 0 bridgehead atoms. The smallest absolute Gasteiger partial charge is 0.315 e. The highest BCUT2D eigenvalue weighted by Crippen LogP contribution is 2.36. The zero-order chi connectivity index (χ0) is 30.5. The summed E-state index contributed by atoms with van der Waals surface area (Å²) in [6.07, 6.45) is 5.95. The lowest BCUT2D eigenvalue weighted by Crippen LogP contribution is -2.47. The topological polar surface area (TPSA) is 160 Å². The Morgan fingerprint density at radius 2 is 1.90 bits per heavy atom. The third-order valence-electron chi connectivity index (χ3n) is 5.45. The number of hydrogen-bond acceptors (Lipinski definition) is 9. The molecule has 0 fully saturated rings. The fourth-order valence-corrected chi connectivity index (χ4v) is 4.74. The first-order valence-electron chi connectivity index (χ1n) is 12.6. The third kappa shape index (κ3) is 8.76. The molecule has 2 aromatic carbocycles. The second-order valence-corrected chi connectivity index (χ2v) is 12.9. The molecular formula is C27H30ClN7O5S2. The first kappa shape index (κ1) is 31.0. The van der Waals surface area contributed by atoms with E-state index in [0.717, 1.165) is 26.8 Å². The van der Waals surface area contributed by atoms with Gasteiger partial charge in [-0.1, -0.05) is 17.7 Å². The molecule has 4 N–H and O–H groups in total. The number of rotatable bonds is 7. The number of fused-ring (bicyclic) bond motifs is 2. The molecule has 0 aliphatic carbocycles. The Balaban J connectivity index is 0.000000748. The molecule has 0 spiro atoms. The van der Waals surface area contributed by atoms with Crippen LogP contribution in [0.4, 0.5) is 16.3 Å². The van der Waals surface area contributed by atoms with Crippen molar-refractivity contribution in [3.05, 3.63) is 66.2 Å². The Morgan fingerprint density at radius 3 is 2.62 bits per heavy atom. The van der Waals surface area contributed by atoms with E-state index >= 15 is 0 Å². The van der Waals surface area contributed by atoms with E-state index in [1.54, 1.807) is 12.3 Å². The van der Waals surface area contributed by atoms with Crippen molar-refractivity contribution in [3.63, 3.8) is 0 Å². The van der Waals surface area contributed by atoms with Crippen LogP contribution in [0.15, 0.2) is 61.2 Å². The van der Waals surface area contributed by atoms with Gasteiger partial charge in [0.15, 0.2) is 5.82 Å². The molecule has 42 heavy (non-hydrogen) atoms. The number of hydrogen-bond donors (Lipinski definition) is 4. The summed E-state index contributed by atoms with van der Waals surface area (Å²) in [5.41, 5.74) is 2.07. The number of carbonyl (C=O) groups is 1. The van der Waals surface area contributed by atoms with Crippen LogP contribution < -0.4 is 20.7 Å². The highest BCUT2D eigenvalue weighted by molar-refractivity contribution is 7.85. The molecule has 0 radical (unpaired) electrons. The van der Waals surface area contributed by atoms with Gasteiger partial charge in [-0.2, -0.15) is 12.8 Å². The van der Waals surface area contributed by atoms with E-state index in [-0.39, 0.29) is 11.6 Å². The number of carbonyl (C=O) groups excluding carboxylic acids is 1. The highest BCUT2D eigenvalue weighted by Gasteiger charge is 2.15. The van der Waals surface area contributed by atoms with Crippen molar-refractivity contribution in [2.75, 3.05) is 18.1 Å².